The number of nitrogens with two attached hydrogens (primary N) is 1. The third kappa shape index (κ3) is 5.62. The van der Waals surface area contributed by atoms with Crippen LogP contribution in [0, 0.1) is 0 Å². The molecule has 3 rings (SSSR count). The maximum Gasteiger partial charge on any atom is 0.323 e. The number of carbonyl (C=O) groups excluding carboxylic acids is 1. The maximum absolute atomic E-state index is 13.2. The van der Waals surface area contributed by atoms with Crippen molar-refractivity contribution in [1.82, 2.24) is 24.8 Å². The van der Waals surface area contributed by atoms with Gasteiger partial charge in [0.05, 0.1) is 5.69 Å². The van der Waals surface area contributed by atoms with Gasteiger partial charge < -0.3 is 15.5 Å². The summed E-state index contributed by atoms with van der Waals surface area (Å²) in [5.41, 5.74) is 7.98. The van der Waals surface area contributed by atoms with Gasteiger partial charge in [0.15, 0.2) is 11.3 Å². The monoisotopic (exact) mass is 406 g/mol. The largest absolute Gasteiger partial charge is 0.382 e. The fourth-order valence-corrected chi connectivity index (χ4v) is 3.82. The molecule has 9 heteroatoms. The third-order valence-corrected chi connectivity index (χ3v) is 5.38. The number of nitrogens with zero attached hydrogens (tertiary/aromatic N) is 5. The number of fused-ring (bicyclic) bond motifs is 1. The number of anilines is 1. The lowest BCUT2D eigenvalue weighted by Gasteiger charge is -2.13. The number of aromatic nitrogens is 4. The van der Waals surface area contributed by atoms with Crippen LogP contribution in [-0.2, 0) is 17.6 Å². The summed E-state index contributed by atoms with van der Waals surface area (Å²) >= 11 is 0. The highest BCUT2D eigenvalue weighted by molar-refractivity contribution is 5.86. The summed E-state index contributed by atoms with van der Waals surface area (Å²) in [6, 6.07) is 0. The highest BCUT2D eigenvalue weighted by atomic mass is 19.1. The van der Waals surface area contributed by atoms with E-state index in [2.05, 4.69) is 26.9 Å². The molecule has 0 amide bonds. The highest BCUT2D eigenvalue weighted by Gasteiger charge is 2.21. The standard InChI is InChI=1S/C20H31FN6O2/c1-2-3-9-17-23-18-16(25-27(29-14-28)19(18)20(22)24-17)8-6-4-5-7-11-26-12-10-15(21)13-26/h14-15H,2-13H2,1H3,(H2,22,23,24). The van der Waals surface area contributed by atoms with Crippen LogP contribution in [0.1, 0.15) is 63.4 Å². The van der Waals surface area contributed by atoms with E-state index in [1.807, 2.05) is 0 Å². The topological polar surface area (TPSA) is 99.2 Å². The number of alkyl halides is 1. The lowest BCUT2D eigenvalue weighted by molar-refractivity contribution is -0.130. The summed E-state index contributed by atoms with van der Waals surface area (Å²) in [6.45, 7) is 4.87. The van der Waals surface area contributed by atoms with Gasteiger partial charge in [-0.1, -0.05) is 31.0 Å². The van der Waals surface area contributed by atoms with Crippen LogP contribution in [-0.4, -0.2) is 57.1 Å². The molecule has 0 radical (unpaired) electrons. The molecule has 0 spiro atoms. The van der Waals surface area contributed by atoms with E-state index in [0.29, 0.717) is 36.3 Å². The number of likely N-dealkylation sites (tertiary alicyclic amines) is 1. The summed E-state index contributed by atoms with van der Waals surface area (Å²) in [6.07, 6.45) is 7.71. The molecule has 1 fully saturated rings. The highest BCUT2D eigenvalue weighted by Crippen LogP contribution is 2.23. The molecule has 0 saturated carbocycles. The van der Waals surface area contributed by atoms with Crippen LogP contribution in [0.2, 0.25) is 0 Å². The van der Waals surface area contributed by atoms with Gasteiger partial charge in [-0.25, -0.2) is 14.4 Å². The number of carbonyl (C=O) groups is 1. The zero-order valence-electron chi connectivity index (χ0n) is 17.1. The first-order valence-electron chi connectivity index (χ1n) is 10.6. The van der Waals surface area contributed by atoms with E-state index in [1.165, 1.54) is 0 Å². The average molecular weight is 407 g/mol. The quantitative estimate of drug-likeness (QED) is 0.427. The molecule has 1 aliphatic heterocycles. The Morgan fingerprint density at radius 3 is 2.76 bits per heavy atom. The first-order valence-corrected chi connectivity index (χ1v) is 10.6. The molecule has 29 heavy (non-hydrogen) atoms. The van der Waals surface area contributed by atoms with Crippen LogP contribution in [0.25, 0.3) is 11.0 Å². The Kier molecular flexibility index (Phi) is 7.74. The van der Waals surface area contributed by atoms with E-state index < -0.39 is 6.17 Å². The van der Waals surface area contributed by atoms with Crippen molar-refractivity contribution in [2.45, 2.75) is 70.9 Å². The fourth-order valence-electron chi connectivity index (χ4n) is 3.82. The van der Waals surface area contributed by atoms with Crippen LogP contribution >= 0.6 is 0 Å². The molecule has 2 N–H and O–H groups in total. The van der Waals surface area contributed by atoms with Crippen LogP contribution in [0.15, 0.2) is 0 Å². The van der Waals surface area contributed by atoms with E-state index in [4.69, 9.17) is 10.6 Å². The zero-order valence-corrected chi connectivity index (χ0v) is 17.1. The zero-order chi connectivity index (χ0) is 20.6. The van der Waals surface area contributed by atoms with Crippen molar-refractivity contribution in [3.05, 3.63) is 11.5 Å². The summed E-state index contributed by atoms with van der Waals surface area (Å²) < 4.78 is 13.2. The van der Waals surface area contributed by atoms with Crippen LogP contribution in [0.3, 0.4) is 0 Å². The van der Waals surface area contributed by atoms with Crippen LogP contribution in [0.5, 0.6) is 0 Å². The van der Waals surface area contributed by atoms with E-state index in [-0.39, 0.29) is 5.82 Å². The lowest BCUT2D eigenvalue weighted by atomic mass is 10.1. The molecule has 160 valence electrons. The number of rotatable bonds is 12. The Bertz CT molecular complexity index is 812. The number of halogens is 1. The number of aryl methyl sites for hydroxylation is 2. The maximum atomic E-state index is 13.2. The molecule has 1 unspecified atom stereocenters. The van der Waals surface area contributed by atoms with Gasteiger partial charge in [0.25, 0.3) is 0 Å². The number of nitrogen functional groups attached to an aromatic ring is 1. The molecule has 8 nitrogen and oxygen atoms in total. The average Bonchev–Trinajstić information content (AvgIpc) is 3.27. The van der Waals surface area contributed by atoms with Crippen LogP contribution in [0.4, 0.5) is 10.2 Å². The van der Waals surface area contributed by atoms with Crippen LogP contribution < -0.4 is 10.6 Å². The minimum atomic E-state index is -0.649. The van der Waals surface area contributed by atoms with Gasteiger partial charge in [-0.2, -0.15) is 0 Å². The molecule has 1 aliphatic rings. The molecular weight excluding hydrogens is 375 g/mol. The summed E-state index contributed by atoms with van der Waals surface area (Å²) in [5, 5.41) is 4.38. The van der Waals surface area contributed by atoms with E-state index in [0.717, 1.165) is 75.0 Å². The van der Waals surface area contributed by atoms with Crippen molar-refractivity contribution in [2.75, 3.05) is 25.4 Å². The van der Waals surface area contributed by atoms with Crippen molar-refractivity contribution in [3.8, 4) is 0 Å². The smallest absolute Gasteiger partial charge is 0.323 e. The third-order valence-electron chi connectivity index (χ3n) is 5.38. The van der Waals surface area contributed by atoms with Crippen molar-refractivity contribution in [3.63, 3.8) is 0 Å². The molecule has 0 aromatic carbocycles. The Balaban J connectivity index is 1.58. The Morgan fingerprint density at radius 1 is 1.21 bits per heavy atom. The van der Waals surface area contributed by atoms with Gasteiger partial charge in [0.2, 0.25) is 0 Å². The Morgan fingerprint density at radius 2 is 2.03 bits per heavy atom. The SMILES string of the molecule is CCCCc1nc(N)c2c(n1)c(CCCCCCN1CCC(F)C1)nn2OC=O. The van der Waals surface area contributed by atoms with Gasteiger partial charge in [-0.05, 0) is 38.6 Å². The molecule has 3 heterocycles. The minimum absolute atomic E-state index is 0.276. The van der Waals surface area contributed by atoms with Crippen molar-refractivity contribution >= 4 is 23.3 Å². The van der Waals surface area contributed by atoms with Gasteiger partial charge in [-0.15, -0.1) is 5.10 Å². The molecule has 1 saturated heterocycles. The first kappa shape index (κ1) is 21.4. The molecule has 0 bridgehead atoms. The Labute approximate surface area is 170 Å². The number of hydrogen-bond donors (Lipinski definition) is 1. The second kappa shape index (κ2) is 10.5. The predicted molar refractivity (Wildman–Crippen MR) is 109 cm³/mol. The van der Waals surface area contributed by atoms with Crippen molar-refractivity contribution in [2.24, 2.45) is 0 Å². The second-order valence-corrected chi connectivity index (χ2v) is 7.70. The minimum Gasteiger partial charge on any atom is -0.382 e. The van der Waals surface area contributed by atoms with Crippen molar-refractivity contribution < 1.29 is 14.0 Å². The van der Waals surface area contributed by atoms with Gasteiger partial charge in [0, 0.05) is 19.5 Å². The Hall–Kier alpha value is -2.29. The normalized spacial score (nSPS) is 17.2. The second-order valence-electron chi connectivity index (χ2n) is 7.70. The fraction of sp³-hybridized carbons (Fsp3) is 0.700. The van der Waals surface area contributed by atoms with Gasteiger partial charge in [0.1, 0.15) is 17.5 Å². The molecule has 1 atom stereocenters. The summed E-state index contributed by atoms with van der Waals surface area (Å²) in [5.74, 6) is 0.971. The van der Waals surface area contributed by atoms with Gasteiger partial charge >= 0.3 is 6.47 Å². The van der Waals surface area contributed by atoms with E-state index >= 15 is 0 Å². The van der Waals surface area contributed by atoms with E-state index in [9.17, 15) is 9.18 Å². The number of unbranched alkanes of at least 4 members (excludes halogenated alkanes) is 4. The predicted octanol–water partition coefficient (Wildman–Crippen LogP) is 2.48. The summed E-state index contributed by atoms with van der Waals surface area (Å²) in [7, 11) is 0. The molecule has 2 aromatic rings. The summed E-state index contributed by atoms with van der Waals surface area (Å²) in [4.78, 5) is 28.1. The van der Waals surface area contributed by atoms with E-state index in [1.54, 1.807) is 0 Å². The van der Waals surface area contributed by atoms with Crippen molar-refractivity contribution in [1.29, 1.82) is 0 Å². The molecule has 0 aliphatic carbocycles. The molecular formula is C20H31FN6O2. The number of hydrogen-bond acceptors (Lipinski definition) is 7. The lowest BCUT2D eigenvalue weighted by Crippen LogP contribution is -2.22. The van der Waals surface area contributed by atoms with Gasteiger partial charge in [-0.3, -0.25) is 4.79 Å². The molecule has 2 aromatic heterocycles. The first-order chi connectivity index (χ1) is 14.1.